The van der Waals surface area contributed by atoms with Crippen molar-refractivity contribution in [3.05, 3.63) is 48.3 Å². The summed E-state index contributed by atoms with van der Waals surface area (Å²) in [6.07, 6.45) is 1.74. The van der Waals surface area contributed by atoms with Crippen molar-refractivity contribution in [3.8, 4) is 0 Å². The Bertz CT molecular complexity index is 428. The number of nitrogens with zero attached hydrogens (tertiary/aromatic N) is 2. The molecule has 84 valence electrons. The van der Waals surface area contributed by atoms with Gasteiger partial charge in [-0.1, -0.05) is 24.3 Å². The maximum atomic E-state index is 13.6. The molecule has 1 aliphatic rings. The van der Waals surface area contributed by atoms with Crippen LogP contribution in [0.2, 0.25) is 0 Å². The fourth-order valence-electron chi connectivity index (χ4n) is 1.90. The maximum absolute atomic E-state index is 13.6. The smallest absolute Gasteiger partial charge is 0.192 e. The minimum Gasteiger partial charge on any atom is -0.370 e. The summed E-state index contributed by atoms with van der Waals surface area (Å²) in [5.74, 6) is 0.236. The molecule has 2 N–H and O–H groups in total. The molecular weight excluding hydrogens is 205 g/mol. The molecule has 0 saturated heterocycles. The van der Waals surface area contributed by atoms with Crippen LogP contribution in [0, 0.1) is 5.82 Å². The van der Waals surface area contributed by atoms with Crippen molar-refractivity contribution in [2.45, 2.75) is 6.04 Å². The zero-order chi connectivity index (χ0) is 11.5. The van der Waals surface area contributed by atoms with Crippen molar-refractivity contribution in [1.82, 2.24) is 4.90 Å². The van der Waals surface area contributed by atoms with Crippen LogP contribution in [0.1, 0.15) is 11.6 Å². The van der Waals surface area contributed by atoms with Gasteiger partial charge in [0.05, 0.1) is 12.6 Å². The molecule has 1 heterocycles. The second-order valence-electron chi connectivity index (χ2n) is 3.68. The highest BCUT2D eigenvalue weighted by Gasteiger charge is 2.28. The van der Waals surface area contributed by atoms with Crippen molar-refractivity contribution in [3.63, 3.8) is 0 Å². The first-order valence-electron chi connectivity index (χ1n) is 5.16. The Morgan fingerprint density at radius 2 is 2.31 bits per heavy atom. The van der Waals surface area contributed by atoms with Crippen molar-refractivity contribution in [1.29, 1.82) is 0 Å². The average molecular weight is 219 g/mol. The molecule has 0 aromatic heterocycles. The largest absolute Gasteiger partial charge is 0.370 e. The average Bonchev–Trinajstić information content (AvgIpc) is 2.62. The third-order valence-corrected chi connectivity index (χ3v) is 2.69. The van der Waals surface area contributed by atoms with Crippen LogP contribution >= 0.6 is 0 Å². The van der Waals surface area contributed by atoms with E-state index in [0.29, 0.717) is 24.6 Å². The topological polar surface area (TPSA) is 41.6 Å². The quantitative estimate of drug-likeness (QED) is 0.786. The predicted molar refractivity (Wildman–Crippen MR) is 62.5 cm³/mol. The van der Waals surface area contributed by atoms with E-state index in [1.807, 2.05) is 11.0 Å². The molecule has 0 spiro atoms. The van der Waals surface area contributed by atoms with Gasteiger partial charge in [0.2, 0.25) is 0 Å². The summed E-state index contributed by atoms with van der Waals surface area (Å²) in [4.78, 5) is 5.99. The summed E-state index contributed by atoms with van der Waals surface area (Å²) in [6, 6.07) is 6.61. The van der Waals surface area contributed by atoms with Crippen LogP contribution in [-0.2, 0) is 0 Å². The molecule has 1 aromatic rings. The summed E-state index contributed by atoms with van der Waals surface area (Å²) in [7, 11) is 0. The number of rotatable bonds is 3. The Labute approximate surface area is 94.1 Å². The lowest BCUT2D eigenvalue weighted by Crippen LogP contribution is -2.36. The summed E-state index contributed by atoms with van der Waals surface area (Å²) in [5, 5.41) is 0. The van der Waals surface area contributed by atoms with Crippen LogP contribution in [0.15, 0.2) is 41.9 Å². The highest BCUT2D eigenvalue weighted by atomic mass is 19.1. The zero-order valence-electron chi connectivity index (χ0n) is 8.94. The van der Waals surface area contributed by atoms with E-state index in [9.17, 15) is 4.39 Å². The third kappa shape index (κ3) is 1.78. The number of benzene rings is 1. The van der Waals surface area contributed by atoms with Gasteiger partial charge in [0.15, 0.2) is 5.96 Å². The van der Waals surface area contributed by atoms with Gasteiger partial charge in [-0.25, -0.2) is 4.39 Å². The van der Waals surface area contributed by atoms with Crippen LogP contribution < -0.4 is 5.73 Å². The fourth-order valence-corrected chi connectivity index (χ4v) is 1.90. The number of halogens is 1. The Balaban J connectivity index is 2.29. The minimum absolute atomic E-state index is 0.112. The van der Waals surface area contributed by atoms with E-state index in [2.05, 4.69) is 11.6 Å². The van der Waals surface area contributed by atoms with Crippen LogP contribution in [-0.4, -0.2) is 23.9 Å². The first kappa shape index (κ1) is 10.7. The molecule has 0 amide bonds. The van der Waals surface area contributed by atoms with E-state index in [1.165, 1.54) is 6.07 Å². The van der Waals surface area contributed by atoms with E-state index in [1.54, 1.807) is 18.2 Å². The summed E-state index contributed by atoms with van der Waals surface area (Å²) in [6.45, 7) is 4.74. The SMILES string of the molecule is C=CCN1C(N)=NCC1c1ccccc1F. The van der Waals surface area contributed by atoms with Crippen LogP contribution in [0.4, 0.5) is 4.39 Å². The lowest BCUT2D eigenvalue weighted by atomic mass is 10.1. The molecule has 4 heteroatoms. The summed E-state index contributed by atoms with van der Waals surface area (Å²) >= 11 is 0. The standard InChI is InChI=1S/C12H14FN3/c1-2-7-16-11(8-15-12(16)14)9-5-3-4-6-10(9)13/h2-6,11H,1,7-8H2,(H2,14,15). The molecule has 0 saturated carbocycles. The zero-order valence-corrected chi connectivity index (χ0v) is 8.94. The van der Waals surface area contributed by atoms with E-state index >= 15 is 0 Å². The summed E-state index contributed by atoms with van der Waals surface area (Å²) in [5.41, 5.74) is 6.38. The highest BCUT2D eigenvalue weighted by molar-refractivity contribution is 5.80. The Morgan fingerprint density at radius 3 is 3.00 bits per heavy atom. The van der Waals surface area contributed by atoms with Gasteiger partial charge in [0.1, 0.15) is 5.82 Å². The second-order valence-corrected chi connectivity index (χ2v) is 3.68. The fraction of sp³-hybridized carbons (Fsp3) is 0.250. The van der Waals surface area contributed by atoms with E-state index in [-0.39, 0.29) is 11.9 Å². The number of aliphatic imine (C=N–C) groups is 1. The van der Waals surface area contributed by atoms with Crippen LogP contribution in [0.25, 0.3) is 0 Å². The molecule has 0 aliphatic carbocycles. The third-order valence-electron chi connectivity index (χ3n) is 2.69. The van der Waals surface area contributed by atoms with Crippen molar-refractivity contribution >= 4 is 5.96 Å². The first-order chi connectivity index (χ1) is 7.74. The molecule has 1 atom stereocenters. The molecule has 0 fully saturated rings. The highest BCUT2D eigenvalue weighted by Crippen LogP contribution is 2.26. The van der Waals surface area contributed by atoms with Gasteiger partial charge in [-0.3, -0.25) is 4.99 Å². The molecule has 2 rings (SSSR count). The molecule has 0 radical (unpaired) electrons. The molecule has 16 heavy (non-hydrogen) atoms. The van der Waals surface area contributed by atoms with Crippen molar-refractivity contribution in [2.75, 3.05) is 13.1 Å². The van der Waals surface area contributed by atoms with Gasteiger partial charge in [0, 0.05) is 12.1 Å². The molecule has 1 unspecified atom stereocenters. The van der Waals surface area contributed by atoms with Gasteiger partial charge in [0.25, 0.3) is 0 Å². The summed E-state index contributed by atoms with van der Waals surface area (Å²) < 4.78 is 13.6. The van der Waals surface area contributed by atoms with Gasteiger partial charge >= 0.3 is 0 Å². The van der Waals surface area contributed by atoms with Crippen LogP contribution in [0.3, 0.4) is 0 Å². The lowest BCUT2D eigenvalue weighted by Gasteiger charge is -2.25. The van der Waals surface area contributed by atoms with Crippen molar-refractivity contribution in [2.24, 2.45) is 10.7 Å². The molecule has 1 aromatic carbocycles. The van der Waals surface area contributed by atoms with Gasteiger partial charge in [-0.05, 0) is 6.07 Å². The number of nitrogens with two attached hydrogens (primary N) is 1. The van der Waals surface area contributed by atoms with Crippen molar-refractivity contribution < 1.29 is 4.39 Å². The normalized spacial score (nSPS) is 19.7. The van der Waals surface area contributed by atoms with Gasteiger partial charge in [-0.15, -0.1) is 6.58 Å². The molecule has 1 aliphatic heterocycles. The predicted octanol–water partition coefficient (Wildman–Crippen LogP) is 1.68. The number of hydrogen-bond donors (Lipinski definition) is 1. The Hall–Kier alpha value is -1.84. The van der Waals surface area contributed by atoms with E-state index in [4.69, 9.17) is 5.73 Å². The molecule has 3 nitrogen and oxygen atoms in total. The monoisotopic (exact) mass is 219 g/mol. The number of hydrogen-bond acceptors (Lipinski definition) is 3. The second kappa shape index (κ2) is 4.35. The Morgan fingerprint density at radius 1 is 1.56 bits per heavy atom. The lowest BCUT2D eigenvalue weighted by molar-refractivity contribution is 0.369. The molecule has 0 bridgehead atoms. The maximum Gasteiger partial charge on any atom is 0.192 e. The Kier molecular flexibility index (Phi) is 2.90. The van der Waals surface area contributed by atoms with E-state index < -0.39 is 0 Å². The van der Waals surface area contributed by atoms with Crippen LogP contribution in [0.5, 0.6) is 0 Å². The van der Waals surface area contributed by atoms with Gasteiger partial charge < -0.3 is 10.6 Å². The minimum atomic E-state index is -0.216. The first-order valence-corrected chi connectivity index (χ1v) is 5.16. The number of guanidine groups is 1. The van der Waals surface area contributed by atoms with E-state index in [0.717, 1.165) is 0 Å². The van der Waals surface area contributed by atoms with Gasteiger partial charge in [-0.2, -0.15) is 0 Å². The molecular formula is C12H14FN3.